The molecule has 0 aliphatic rings. The van der Waals surface area contributed by atoms with Crippen molar-refractivity contribution in [2.24, 2.45) is 11.5 Å². The van der Waals surface area contributed by atoms with Crippen molar-refractivity contribution in [2.45, 2.75) is 95.9 Å². The molecule has 0 bridgehead atoms. The Morgan fingerprint density at radius 2 is 1.06 bits per heavy atom. The zero-order valence-corrected chi connectivity index (χ0v) is 21.1. The molecule has 9 nitrogen and oxygen atoms in total. The molecular weight excluding hydrogens is 452 g/mol. The normalized spacial score (nSPS) is 10.9. The highest BCUT2D eigenvalue weighted by atomic mass is 32.1. The SMILES string of the molecule is NC(=O)CCCCCCCNC(=O)CCCCCCCNC(=O)CCC(N)C(=O)O.S.S. The zero-order valence-electron chi connectivity index (χ0n) is 19.1. The predicted octanol–water partition coefficient (Wildman–Crippen LogP) is 1.80. The average Bonchev–Trinajstić information content (AvgIpc) is 2.69. The second kappa shape index (κ2) is 24.2. The van der Waals surface area contributed by atoms with E-state index in [2.05, 4.69) is 10.6 Å². The number of carboxylic acid groups (broad SMARTS) is 1. The molecule has 0 aromatic rings. The van der Waals surface area contributed by atoms with Gasteiger partial charge in [0.25, 0.3) is 0 Å². The third-order valence-electron chi connectivity index (χ3n) is 4.82. The second-order valence-corrected chi connectivity index (χ2v) is 7.69. The number of rotatable bonds is 20. The number of hydrogen-bond donors (Lipinski definition) is 5. The van der Waals surface area contributed by atoms with Gasteiger partial charge in [-0.2, -0.15) is 27.0 Å². The molecule has 0 radical (unpaired) electrons. The molecule has 190 valence electrons. The molecule has 1 atom stereocenters. The van der Waals surface area contributed by atoms with E-state index in [1.165, 1.54) is 0 Å². The van der Waals surface area contributed by atoms with Crippen molar-refractivity contribution in [1.29, 1.82) is 0 Å². The number of hydrogen-bond acceptors (Lipinski definition) is 5. The summed E-state index contributed by atoms with van der Waals surface area (Å²) < 4.78 is 0. The summed E-state index contributed by atoms with van der Waals surface area (Å²) >= 11 is 0. The van der Waals surface area contributed by atoms with Crippen LogP contribution < -0.4 is 22.1 Å². The molecule has 0 aliphatic carbocycles. The molecule has 0 aromatic carbocycles. The lowest BCUT2D eigenvalue weighted by molar-refractivity contribution is -0.138. The second-order valence-electron chi connectivity index (χ2n) is 7.69. The van der Waals surface area contributed by atoms with E-state index in [9.17, 15) is 19.2 Å². The van der Waals surface area contributed by atoms with Crippen LogP contribution in [0.4, 0.5) is 0 Å². The van der Waals surface area contributed by atoms with Crippen LogP contribution in [0.25, 0.3) is 0 Å². The molecule has 7 N–H and O–H groups in total. The molecule has 0 saturated heterocycles. The third kappa shape index (κ3) is 24.8. The van der Waals surface area contributed by atoms with Crippen molar-refractivity contribution in [3.05, 3.63) is 0 Å². The number of primary amides is 1. The van der Waals surface area contributed by atoms with Crippen molar-refractivity contribution in [1.82, 2.24) is 10.6 Å². The van der Waals surface area contributed by atoms with Gasteiger partial charge in [-0.25, -0.2) is 0 Å². The van der Waals surface area contributed by atoms with Crippen LogP contribution in [0.3, 0.4) is 0 Å². The van der Waals surface area contributed by atoms with Crippen molar-refractivity contribution in [3.8, 4) is 0 Å². The van der Waals surface area contributed by atoms with Gasteiger partial charge in [0.1, 0.15) is 6.04 Å². The maximum atomic E-state index is 11.8. The van der Waals surface area contributed by atoms with Crippen LogP contribution in [0, 0.1) is 0 Å². The summed E-state index contributed by atoms with van der Waals surface area (Å²) in [6.07, 6.45) is 10.8. The summed E-state index contributed by atoms with van der Waals surface area (Å²) in [6.45, 7) is 1.27. The first-order valence-corrected chi connectivity index (χ1v) is 11.1. The predicted molar refractivity (Wildman–Crippen MR) is 136 cm³/mol. The molecule has 0 aliphatic heterocycles. The summed E-state index contributed by atoms with van der Waals surface area (Å²) in [5.74, 6) is -1.42. The van der Waals surface area contributed by atoms with Crippen LogP contribution in [0.15, 0.2) is 0 Å². The highest BCUT2D eigenvalue weighted by Crippen LogP contribution is 2.06. The number of carbonyl (C=O) groups excluding carboxylic acids is 3. The van der Waals surface area contributed by atoms with Gasteiger partial charge in [-0.05, 0) is 32.1 Å². The Morgan fingerprint density at radius 1 is 0.656 bits per heavy atom. The van der Waals surface area contributed by atoms with Crippen LogP contribution in [0.5, 0.6) is 0 Å². The van der Waals surface area contributed by atoms with E-state index in [0.29, 0.717) is 25.9 Å². The van der Waals surface area contributed by atoms with Crippen molar-refractivity contribution < 1.29 is 24.3 Å². The first-order valence-electron chi connectivity index (χ1n) is 11.1. The minimum atomic E-state index is -1.09. The summed E-state index contributed by atoms with van der Waals surface area (Å²) in [7, 11) is 0. The van der Waals surface area contributed by atoms with Gasteiger partial charge < -0.3 is 27.2 Å². The van der Waals surface area contributed by atoms with Crippen LogP contribution in [-0.4, -0.2) is 47.9 Å². The van der Waals surface area contributed by atoms with Crippen molar-refractivity contribution >= 4 is 50.7 Å². The summed E-state index contributed by atoms with van der Waals surface area (Å²) in [5, 5.41) is 14.4. The number of aliphatic carboxylic acids is 1. The van der Waals surface area contributed by atoms with Crippen LogP contribution >= 0.6 is 27.0 Å². The van der Waals surface area contributed by atoms with E-state index in [0.717, 1.165) is 64.2 Å². The number of nitrogens with two attached hydrogens (primary N) is 2. The standard InChI is InChI=1S/C21H40N4O5.2H2S/c22-17(21(29)30)13-14-20(28)25-16-10-6-2-4-8-12-19(27)24-15-9-5-1-3-7-11-18(23)26;;/h17H,1-16,22H2,(H2,23,26)(H,24,27)(H,25,28)(H,29,30);2*1H2. The lowest BCUT2D eigenvalue weighted by atomic mass is 10.1. The minimum Gasteiger partial charge on any atom is -0.480 e. The number of unbranched alkanes of at least 4 members (excludes halogenated alkanes) is 8. The number of nitrogens with one attached hydrogen (secondary N) is 2. The topological polar surface area (TPSA) is 165 Å². The number of carbonyl (C=O) groups is 4. The molecule has 3 amide bonds. The fraction of sp³-hybridized carbons (Fsp3) is 0.810. The molecule has 0 aromatic heterocycles. The Morgan fingerprint density at radius 3 is 1.53 bits per heavy atom. The maximum absolute atomic E-state index is 11.8. The lowest BCUT2D eigenvalue weighted by Gasteiger charge is -2.07. The first-order chi connectivity index (χ1) is 14.3. The van der Waals surface area contributed by atoms with Gasteiger partial charge in [-0.15, -0.1) is 0 Å². The molecule has 0 rings (SSSR count). The van der Waals surface area contributed by atoms with E-state index in [1.807, 2.05) is 0 Å². The highest BCUT2D eigenvalue weighted by molar-refractivity contribution is 7.59. The van der Waals surface area contributed by atoms with E-state index >= 15 is 0 Å². The molecule has 0 spiro atoms. The van der Waals surface area contributed by atoms with Gasteiger partial charge >= 0.3 is 5.97 Å². The lowest BCUT2D eigenvalue weighted by Crippen LogP contribution is -2.32. The first kappa shape index (κ1) is 35.1. The molecule has 32 heavy (non-hydrogen) atoms. The van der Waals surface area contributed by atoms with Crippen molar-refractivity contribution in [3.63, 3.8) is 0 Å². The van der Waals surface area contributed by atoms with Crippen LogP contribution in [0.2, 0.25) is 0 Å². The van der Waals surface area contributed by atoms with Gasteiger partial charge in [0.15, 0.2) is 0 Å². The number of amides is 3. The van der Waals surface area contributed by atoms with Gasteiger partial charge in [0, 0.05) is 32.4 Å². The molecular formula is C21H44N4O5S2. The Bertz CT molecular complexity index is 524. The van der Waals surface area contributed by atoms with E-state index in [1.54, 1.807) is 0 Å². The van der Waals surface area contributed by atoms with E-state index in [4.69, 9.17) is 16.6 Å². The third-order valence-corrected chi connectivity index (χ3v) is 4.82. The number of carboxylic acids is 1. The molecule has 0 fully saturated rings. The van der Waals surface area contributed by atoms with Gasteiger partial charge in [0.05, 0.1) is 0 Å². The summed E-state index contributed by atoms with van der Waals surface area (Å²) in [6, 6.07) is -0.993. The fourth-order valence-electron chi connectivity index (χ4n) is 2.94. The maximum Gasteiger partial charge on any atom is 0.320 e. The minimum absolute atomic E-state index is 0. The smallest absolute Gasteiger partial charge is 0.320 e. The fourth-order valence-corrected chi connectivity index (χ4v) is 2.94. The zero-order chi connectivity index (χ0) is 22.6. The Balaban J connectivity index is -0.00000420. The molecule has 0 heterocycles. The molecule has 0 saturated carbocycles. The van der Waals surface area contributed by atoms with Crippen LogP contribution in [0.1, 0.15) is 89.9 Å². The summed E-state index contributed by atoms with van der Waals surface area (Å²) in [4.78, 5) is 44.5. The van der Waals surface area contributed by atoms with E-state index in [-0.39, 0.29) is 57.6 Å². The quantitative estimate of drug-likeness (QED) is 0.161. The Kier molecular flexibility index (Phi) is 26.6. The Hall–Kier alpha value is -1.46. The van der Waals surface area contributed by atoms with Gasteiger partial charge in [0.2, 0.25) is 17.7 Å². The average molecular weight is 497 g/mol. The van der Waals surface area contributed by atoms with Gasteiger partial charge in [-0.3, -0.25) is 19.2 Å². The highest BCUT2D eigenvalue weighted by Gasteiger charge is 2.13. The van der Waals surface area contributed by atoms with Crippen LogP contribution in [-0.2, 0) is 19.2 Å². The van der Waals surface area contributed by atoms with E-state index < -0.39 is 12.0 Å². The largest absolute Gasteiger partial charge is 0.480 e. The van der Waals surface area contributed by atoms with Gasteiger partial charge in [-0.1, -0.05) is 38.5 Å². The monoisotopic (exact) mass is 496 g/mol. The molecule has 11 heteroatoms. The van der Waals surface area contributed by atoms with Crippen molar-refractivity contribution in [2.75, 3.05) is 13.1 Å². The summed E-state index contributed by atoms with van der Waals surface area (Å²) in [5.41, 5.74) is 10.4. The molecule has 1 unspecified atom stereocenters. The Labute approximate surface area is 206 Å².